The van der Waals surface area contributed by atoms with Gasteiger partial charge in [0.15, 0.2) is 0 Å². The highest BCUT2D eigenvalue weighted by Crippen LogP contribution is 2.31. The van der Waals surface area contributed by atoms with Crippen LogP contribution in [0.1, 0.15) is 49.3 Å². The number of anilines is 3. The lowest BCUT2D eigenvalue weighted by Crippen LogP contribution is -2.42. The third-order valence-electron chi connectivity index (χ3n) is 6.20. The Labute approximate surface area is 181 Å². The number of hydrogen-bond acceptors (Lipinski definition) is 5. The third kappa shape index (κ3) is 4.33. The van der Waals surface area contributed by atoms with Gasteiger partial charge < -0.3 is 15.5 Å². The second-order valence-electron chi connectivity index (χ2n) is 9.10. The molecule has 4 rings (SSSR count). The number of piperidine rings is 1. The lowest BCUT2D eigenvalue weighted by atomic mass is 9.91. The molecule has 3 atom stereocenters. The van der Waals surface area contributed by atoms with Crippen molar-refractivity contribution in [2.45, 2.75) is 46.5 Å². The number of carbonyl (C=O) groups is 2. The maximum Gasteiger partial charge on any atom is 0.258 e. The Balaban J connectivity index is 1.64. The summed E-state index contributed by atoms with van der Waals surface area (Å²) in [5, 5.41) is 5.54. The first kappa shape index (κ1) is 21.1. The Kier molecular flexibility index (Phi) is 5.56. The monoisotopic (exact) mass is 423 g/mol. The van der Waals surface area contributed by atoms with Crippen LogP contribution in [0.3, 0.4) is 0 Å². The fourth-order valence-electron chi connectivity index (χ4n) is 4.62. The smallest absolute Gasteiger partial charge is 0.258 e. The van der Waals surface area contributed by atoms with E-state index in [0.717, 1.165) is 30.6 Å². The molecule has 3 unspecified atom stereocenters. The molecular formula is C23H29N5O3. The SMILES string of the molecule is Cc1ccc(NC(=O)C2CC(=O)Nc3nc(N4CC(C)CC(C)C4)[nH]c(=O)c32)cc1C. The number of aryl methyl sites for hydroxylation is 2. The van der Waals surface area contributed by atoms with E-state index in [0.29, 0.717) is 23.5 Å². The van der Waals surface area contributed by atoms with Crippen molar-refractivity contribution in [2.75, 3.05) is 28.6 Å². The summed E-state index contributed by atoms with van der Waals surface area (Å²) in [5.41, 5.74) is 2.63. The highest BCUT2D eigenvalue weighted by atomic mass is 16.2. The molecule has 0 aliphatic carbocycles. The Morgan fingerprint density at radius 3 is 2.52 bits per heavy atom. The molecule has 2 aliphatic heterocycles. The van der Waals surface area contributed by atoms with Gasteiger partial charge in [0, 0.05) is 25.2 Å². The van der Waals surface area contributed by atoms with E-state index in [1.54, 1.807) is 0 Å². The molecule has 3 N–H and O–H groups in total. The number of hydrogen-bond donors (Lipinski definition) is 3. The zero-order valence-corrected chi connectivity index (χ0v) is 18.4. The standard InChI is InChI=1S/C23H29N5O3/c1-12-7-13(2)11-28(10-12)23-26-20-19(22(31)27-23)17(9-18(29)25-20)21(30)24-16-6-5-14(3)15(4)8-16/h5-6,8,12-13,17H,7,9-11H2,1-4H3,(H,24,30)(H2,25,26,27,29,31). The molecule has 164 valence electrons. The van der Waals surface area contributed by atoms with Gasteiger partial charge in [-0.1, -0.05) is 19.9 Å². The number of carbonyl (C=O) groups excluding carboxylic acids is 2. The van der Waals surface area contributed by atoms with Crippen molar-refractivity contribution >= 4 is 29.3 Å². The second-order valence-corrected chi connectivity index (χ2v) is 9.10. The molecule has 0 bridgehead atoms. The van der Waals surface area contributed by atoms with Crippen LogP contribution < -0.4 is 21.1 Å². The molecule has 8 heteroatoms. The number of benzene rings is 1. The van der Waals surface area contributed by atoms with E-state index >= 15 is 0 Å². The van der Waals surface area contributed by atoms with Crippen molar-refractivity contribution < 1.29 is 9.59 Å². The fraction of sp³-hybridized carbons (Fsp3) is 0.478. The minimum Gasteiger partial charge on any atom is -0.342 e. The zero-order valence-electron chi connectivity index (χ0n) is 18.4. The summed E-state index contributed by atoms with van der Waals surface area (Å²) in [7, 11) is 0. The fourth-order valence-corrected chi connectivity index (χ4v) is 4.62. The molecule has 1 aromatic carbocycles. The number of nitrogens with zero attached hydrogens (tertiary/aromatic N) is 2. The molecule has 8 nitrogen and oxygen atoms in total. The highest BCUT2D eigenvalue weighted by Gasteiger charge is 2.35. The Hall–Kier alpha value is -3.16. The van der Waals surface area contributed by atoms with Crippen LogP contribution in [0.15, 0.2) is 23.0 Å². The van der Waals surface area contributed by atoms with E-state index in [1.165, 1.54) is 0 Å². The largest absolute Gasteiger partial charge is 0.342 e. The van der Waals surface area contributed by atoms with Crippen LogP contribution in [0.25, 0.3) is 0 Å². The van der Waals surface area contributed by atoms with E-state index in [4.69, 9.17) is 0 Å². The molecule has 0 radical (unpaired) electrons. The van der Waals surface area contributed by atoms with Crippen LogP contribution in [0.4, 0.5) is 17.5 Å². The van der Waals surface area contributed by atoms with Crippen LogP contribution in [0.5, 0.6) is 0 Å². The van der Waals surface area contributed by atoms with Crippen molar-refractivity contribution in [3.8, 4) is 0 Å². The topological polar surface area (TPSA) is 107 Å². The van der Waals surface area contributed by atoms with Gasteiger partial charge in [-0.25, -0.2) is 0 Å². The van der Waals surface area contributed by atoms with Gasteiger partial charge in [0.1, 0.15) is 5.82 Å². The molecule has 0 spiro atoms. The Morgan fingerprint density at radius 2 is 1.84 bits per heavy atom. The minimum absolute atomic E-state index is 0.0917. The molecular weight excluding hydrogens is 394 g/mol. The molecule has 2 aromatic rings. The molecule has 2 amide bonds. The van der Waals surface area contributed by atoms with E-state index in [1.807, 2.05) is 36.9 Å². The van der Waals surface area contributed by atoms with E-state index in [2.05, 4.69) is 34.4 Å². The quantitative estimate of drug-likeness (QED) is 0.704. The summed E-state index contributed by atoms with van der Waals surface area (Å²) >= 11 is 0. The molecule has 31 heavy (non-hydrogen) atoms. The molecule has 2 aliphatic rings. The van der Waals surface area contributed by atoms with Crippen molar-refractivity contribution in [1.29, 1.82) is 0 Å². The number of rotatable bonds is 3. The first-order chi connectivity index (χ1) is 14.7. The number of fused-ring (bicyclic) bond motifs is 1. The number of aromatic amines is 1. The summed E-state index contributed by atoms with van der Waals surface area (Å²) in [5.74, 6) is -0.0160. The minimum atomic E-state index is -0.894. The van der Waals surface area contributed by atoms with Gasteiger partial charge in [0.25, 0.3) is 5.56 Å². The maximum atomic E-state index is 13.0. The Morgan fingerprint density at radius 1 is 1.13 bits per heavy atom. The van der Waals surface area contributed by atoms with Gasteiger partial charge in [-0.2, -0.15) is 4.98 Å². The van der Waals surface area contributed by atoms with E-state index in [9.17, 15) is 14.4 Å². The van der Waals surface area contributed by atoms with E-state index < -0.39 is 5.92 Å². The maximum absolute atomic E-state index is 13.0. The molecule has 1 saturated heterocycles. The molecule has 1 aromatic heterocycles. The summed E-state index contributed by atoms with van der Waals surface area (Å²) in [6.07, 6.45) is 1.04. The molecule has 0 saturated carbocycles. The van der Waals surface area contributed by atoms with Gasteiger partial charge in [-0.3, -0.25) is 19.4 Å². The molecule has 3 heterocycles. The van der Waals surface area contributed by atoms with Gasteiger partial charge in [-0.05, 0) is 55.4 Å². The average Bonchev–Trinajstić information content (AvgIpc) is 2.69. The van der Waals surface area contributed by atoms with Gasteiger partial charge in [-0.15, -0.1) is 0 Å². The van der Waals surface area contributed by atoms with Crippen molar-refractivity contribution in [3.05, 3.63) is 45.2 Å². The Bertz CT molecular complexity index is 1080. The van der Waals surface area contributed by atoms with Crippen molar-refractivity contribution in [3.63, 3.8) is 0 Å². The van der Waals surface area contributed by atoms with Crippen LogP contribution >= 0.6 is 0 Å². The summed E-state index contributed by atoms with van der Waals surface area (Å²) in [4.78, 5) is 47.8. The van der Waals surface area contributed by atoms with Crippen LogP contribution in [-0.2, 0) is 9.59 Å². The first-order valence-electron chi connectivity index (χ1n) is 10.8. The van der Waals surface area contributed by atoms with Gasteiger partial charge in [0.2, 0.25) is 17.8 Å². The number of H-pyrrole nitrogens is 1. The van der Waals surface area contributed by atoms with Gasteiger partial charge in [0.05, 0.1) is 11.5 Å². The van der Waals surface area contributed by atoms with Crippen molar-refractivity contribution in [2.24, 2.45) is 11.8 Å². The lowest BCUT2D eigenvalue weighted by molar-refractivity contribution is -0.123. The second kappa shape index (κ2) is 8.17. The molecule has 1 fully saturated rings. The zero-order chi connectivity index (χ0) is 22.3. The number of amides is 2. The predicted molar refractivity (Wildman–Crippen MR) is 121 cm³/mol. The van der Waals surface area contributed by atoms with Crippen LogP contribution in [0, 0.1) is 25.7 Å². The predicted octanol–water partition coefficient (Wildman–Crippen LogP) is 2.93. The van der Waals surface area contributed by atoms with Gasteiger partial charge >= 0.3 is 0 Å². The van der Waals surface area contributed by atoms with Crippen LogP contribution in [0.2, 0.25) is 0 Å². The van der Waals surface area contributed by atoms with E-state index in [-0.39, 0.29) is 35.2 Å². The number of nitrogens with one attached hydrogen (secondary N) is 3. The summed E-state index contributed by atoms with van der Waals surface area (Å²) < 4.78 is 0. The third-order valence-corrected chi connectivity index (χ3v) is 6.20. The summed E-state index contributed by atoms with van der Waals surface area (Å²) in [6, 6.07) is 5.61. The highest BCUT2D eigenvalue weighted by molar-refractivity contribution is 6.04. The average molecular weight is 424 g/mol. The van der Waals surface area contributed by atoms with Crippen LogP contribution in [-0.4, -0.2) is 34.9 Å². The normalized spacial score (nSPS) is 23.2. The summed E-state index contributed by atoms with van der Waals surface area (Å²) in [6.45, 7) is 9.89. The lowest BCUT2D eigenvalue weighted by Gasteiger charge is -2.35. The van der Waals surface area contributed by atoms with Crippen molar-refractivity contribution in [1.82, 2.24) is 9.97 Å². The number of aromatic nitrogens is 2. The first-order valence-corrected chi connectivity index (χ1v) is 10.8.